The lowest BCUT2D eigenvalue weighted by molar-refractivity contribution is 1.44. The van der Waals surface area contributed by atoms with E-state index in [0.29, 0.717) is 10.6 Å². The number of halogens is 3. The normalized spacial score (nSPS) is 9.89. The van der Waals surface area contributed by atoms with Crippen LogP contribution >= 0.6 is 50.1 Å². The first-order valence-electron chi connectivity index (χ1n) is 5.02. The largest absolute Gasteiger partial charge is 0.353 e. The number of nitrogens with one attached hydrogen (secondary N) is 1. The van der Waals surface area contributed by atoms with Crippen LogP contribution in [0.2, 0.25) is 5.02 Å². The van der Waals surface area contributed by atoms with Crippen molar-refractivity contribution in [3.05, 3.63) is 55.0 Å². The minimum atomic E-state index is 0.562. The Morgan fingerprint density at radius 3 is 2.67 bits per heavy atom. The number of hydrogen-bond donors (Lipinski definition) is 1. The number of anilines is 2. The van der Waals surface area contributed by atoms with E-state index in [0.717, 1.165) is 19.4 Å². The van der Waals surface area contributed by atoms with Gasteiger partial charge in [0.25, 0.3) is 0 Å². The summed E-state index contributed by atoms with van der Waals surface area (Å²) < 4.78 is 1.83. The molecule has 0 aliphatic carbocycles. The number of nitrogens with zero attached hydrogens (tertiary/aromatic N) is 1. The van der Waals surface area contributed by atoms with Crippen molar-refractivity contribution in [2.24, 2.45) is 0 Å². The van der Waals surface area contributed by atoms with E-state index < -0.39 is 0 Å². The molecule has 0 aliphatic heterocycles. The van der Waals surface area contributed by atoms with Gasteiger partial charge in [-0.3, -0.25) is 0 Å². The molecule has 2 aromatic carbocycles. The zero-order chi connectivity index (χ0) is 13.1. The van der Waals surface area contributed by atoms with Crippen LogP contribution < -0.4 is 5.32 Å². The lowest BCUT2D eigenvalue weighted by Crippen LogP contribution is -1.95. The second-order valence-electron chi connectivity index (χ2n) is 3.52. The summed E-state index contributed by atoms with van der Waals surface area (Å²) in [6.07, 6.45) is 0. The molecule has 0 unspecified atom stereocenters. The maximum Gasteiger partial charge on any atom is 0.103 e. The van der Waals surface area contributed by atoms with Crippen LogP contribution in [0.15, 0.2) is 40.9 Å². The molecule has 0 aromatic heterocycles. The third-order valence-corrected chi connectivity index (χ3v) is 3.97. The fourth-order valence-electron chi connectivity index (χ4n) is 1.48. The van der Waals surface area contributed by atoms with Gasteiger partial charge >= 0.3 is 0 Å². The quantitative estimate of drug-likeness (QED) is 0.651. The van der Waals surface area contributed by atoms with Crippen molar-refractivity contribution in [3.63, 3.8) is 0 Å². The van der Waals surface area contributed by atoms with Crippen LogP contribution in [0, 0.1) is 14.9 Å². The van der Waals surface area contributed by atoms with Crippen molar-refractivity contribution < 1.29 is 0 Å². The van der Waals surface area contributed by atoms with Crippen molar-refractivity contribution in [1.29, 1.82) is 5.26 Å². The smallest absolute Gasteiger partial charge is 0.103 e. The van der Waals surface area contributed by atoms with Crippen molar-refractivity contribution in [2.45, 2.75) is 0 Å². The molecular formula is C13H7BrClIN2. The van der Waals surface area contributed by atoms with E-state index in [1.54, 1.807) is 0 Å². The van der Waals surface area contributed by atoms with E-state index in [1.165, 1.54) is 0 Å². The molecule has 0 bridgehead atoms. The first-order chi connectivity index (χ1) is 8.61. The molecule has 2 nitrogen and oxygen atoms in total. The molecule has 18 heavy (non-hydrogen) atoms. The highest BCUT2D eigenvalue weighted by Crippen LogP contribution is 2.30. The predicted molar refractivity (Wildman–Crippen MR) is 86.3 cm³/mol. The monoisotopic (exact) mass is 432 g/mol. The fraction of sp³-hybridized carbons (Fsp3) is 0. The Hall–Kier alpha value is -0.770. The van der Waals surface area contributed by atoms with Crippen LogP contribution in [0.25, 0.3) is 0 Å². The molecule has 0 fully saturated rings. The summed E-state index contributed by atoms with van der Waals surface area (Å²) in [5.74, 6) is 0. The fourth-order valence-corrected chi connectivity index (χ4v) is 2.84. The average molecular weight is 433 g/mol. The van der Waals surface area contributed by atoms with Crippen LogP contribution in [0.5, 0.6) is 0 Å². The lowest BCUT2D eigenvalue weighted by atomic mass is 10.2. The maximum absolute atomic E-state index is 9.14. The van der Waals surface area contributed by atoms with Gasteiger partial charge in [-0.25, -0.2) is 0 Å². The summed E-state index contributed by atoms with van der Waals surface area (Å²) in [6.45, 7) is 0. The molecule has 90 valence electrons. The Bertz CT molecular complexity index is 637. The number of nitriles is 1. The van der Waals surface area contributed by atoms with Gasteiger partial charge in [-0.05, 0) is 68.9 Å². The van der Waals surface area contributed by atoms with E-state index in [2.05, 4.69) is 49.9 Å². The second-order valence-corrected chi connectivity index (χ2v) is 6.03. The van der Waals surface area contributed by atoms with Gasteiger partial charge in [-0.2, -0.15) is 5.26 Å². The van der Waals surface area contributed by atoms with E-state index in [-0.39, 0.29) is 0 Å². The third kappa shape index (κ3) is 2.97. The first-order valence-corrected chi connectivity index (χ1v) is 7.27. The van der Waals surface area contributed by atoms with E-state index in [4.69, 9.17) is 16.9 Å². The molecule has 0 atom stereocenters. The standard InChI is InChI=1S/C13H7BrClIN2/c14-10-2-1-3-12(9(10)7-17)18-13-5-4-8(16)6-11(13)15/h1-6,18H. The molecule has 2 rings (SSSR count). The summed E-state index contributed by atoms with van der Waals surface area (Å²) >= 11 is 11.7. The number of rotatable bonds is 2. The molecule has 5 heteroatoms. The summed E-state index contributed by atoms with van der Waals surface area (Å²) in [4.78, 5) is 0. The Balaban J connectivity index is 2.41. The van der Waals surface area contributed by atoms with E-state index >= 15 is 0 Å². The molecule has 0 saturated carbocycles. The molecule has 0 saturated heterocycles. The number of hydrogen-bond acceptors (Lipinski definition) is 2. The Morgan fingerprint density at radius 1 is 1.22 bits per heavy atom. The Labute approximate surface area is 132 Å². The summed E-state index contributed by atoms with van der Waals surface area (Å²) in [7, 11) is 0. The third-order valence-electron chi connectivity index (χ3n) is 2.33. The van der Waals surface area contributed by atoms with Crippen LogP contribution in [-0.2, 0) is 0 Å². The Morgan fingerprint density at radius 2 is 2.00 bits per heavy atom. The van der Waals surface area contributed by atoms with E-state index in [9.17, 15) is 0 Å². The van der Waals surface area contributed by atoms with Gasteiger partial charge in [0.2, 0.25) is 0 Å². The van der Waals surface area contributed by atoms with Crippen LogP contribution in [0.4, 0.5) is 11.4 Å². The first kappa shape index (κ1) is 13.7. The molecule has 0 spiro atoms. The van der Waals surface area contributed by atoms with Crippen LogP contribution in [0.3, 0.4) is 0 Å². The van der Waals surface area contributed by atoms with Gasteiger partial charge in [-0.1, -0.05) is 17.7 Å². The molecule has 0 aliphatic rings. The Kier molecular flexibility index (Phi) is 4.49. The minimum Gasteiger partial charge on any atom is -0.353 e. The summed E-state index contributed by atoms with van der Waals surface area (Å²) in [6, 6.07) is 13.4. The molecule has 0 amide bonds. The highest BCUT2D eigenvalue weighted by Gasteiger charge is 2.08. The highest BCUT2D eigenvalue weighted by atomic mass is 127. The number of benzene rings is 2. The minimum absolute atomic E-state index is 0.562. The zero-order valence-corrected chi connectivity index (χ0v) is 13.5. The van der Waals surface area contributed by atoms with Gasteiger partial charge in [-0.15, -0.1) is 0 Å². The lowest BCUT2D eigenvalue weighted by Gasteiger charge is -2.11. The van der Waals surface area contributed by atoms with Gasteiger partial charge in [0.05, 0.1) is 22.0 Å². The topological polar surface area (TPSA) is 35.8 Å². The zero-order valence-electron chi connectivity index (χ0n) is 9.05. The van der Waals surface area contributed by atoms with Crippen molar-refractivity contribution >= 4 is 61.5 Å². The van der Waals surface area contributed by atoms with Gasteiger partial charge < -0.3 is 5.32 Å². The molecule has 2 aromatic rings. The average Bonchev–Trinajstić information content (AvgIpc) is 2.33. The SMILES string of the molecule is N#Cc1c(Br)cccc1Nc1ccc(I)cc1Cl. The van der Waals surface area contributed by atoms with Gasteiger partial charge in [0.15, 0.2) is 0 Å². The van der Waals surface area contributed by atoms with E-state index in [1.807, 2.05) is 36.4 Å². The molecular weight excluding hydrogens is 426 g/mol. The van der Waals surface area contributed by atoms with Gasteiger partial charge in [0.1, 0.15) is 6.07 Å². The second kappa shape index (κ2) is 5.91. The van der Waals surface area contributed by atoms with Crippen molar-refractivity contribution in [3.8, 4) is 6.07 Å². The van der Waals surface area contributed by atoms with Crippen molar-refractivity contribution in [2.75, 3.05) is 5.32 Å². The van der Waals surface area contributed by atoms with Crippen LogP contribution in [0.1, 0.15) is 5.56 Å². The van der Waals surface area contributed by atoms with Crippen LogP contribution in [-0.4, -0.2) is 0 Å². The summed E-state index contributed by atoms with van der Waals surface area (Å²) in [5.41, 5.74) is 2.08. The predicted octanol–water partition coefficient (Wildman–Crippen LogP) is 5.32. The maximum atomic E-state index is 9.14. The van der Waals surface area contributed by atoms with Gasteiger partial charge in [0, 0.05) is 8.04 Å². The summed E-state index contributed by atoms with van der Waals surface area (Å²) in [5, 5.41) is 12.9. The molecule has 0 heterocycles. The molecule has 0 radical (unpaired) electrons. The highest BCUT2D eigenvalue weighted by molar-refractivity contribution is 14.1. The van der Waals surface area contributed by atoms with Crippen molar-refractivity contribution in [1.82, 2.24) is 0 Å². The molecule has 1 N–H and O–H groups in total.